The van der Waals surface area contributed by atoms with Crippen LogP contribution in [-0.4, -0.2) is 13.0 Å². The van der Waals surface area contributed by atoms with E-state index in [0.717, 1.165) is 38.5 Å². The van der Waals surface area contributed by atoms with Crippen LogP contribution in [0.3, 0.4) is 0 Å². The van der Waals surface area contributed by atoms with Gasteiger partial charge in [-0.25, -0.2) is 4.39 Å². The molecule has 0 heterocycles. The van der Waals surface area contributed by atoms with Crippen LogP contribution in [0.5, 0.6) is 11.5 Å². The molecule has 3 rings (SSSR count). The third-order valence-corrected chi connectivity index (χ3v) is 4.86. The predicted octanol–water partition coefficient (Wildman–Crippen LogP) is 5.56. The largest absolute Gasteiger partial charge is 0.573 e. The van der Waals surface area contributed by atoms with Gasteiger partial charge in [-0.2, -0.15) is 0 Å². The molecule has 1 aromatic carbocycles. The van der Waals surface area contributed by atoms with Crippen molar-refractivity contribution in [2.45, 2.75) is 57.2 Å². The molecule has 0 N–H and O–H groups in total. The minimum absolute atomic E-state index is 0.0189. The van der Waals surface area contributed by atoms with Gasteiger partial charge in [0, 0.05) is 0 Å². The Morgan fingerprint density at radius 3 is 2.26 bits per heavy atom. The van der Waals surface area contributed by atoms with Crippen LogP contribution in [0, 0.1) is 11.7 Å². The SMILES string of the molecule is Fc1c(C2CCC2)ccc(OCCC2CCC2)c1OC(F)(F)F. The van der Waals surface area contributed by atoms with Crippen LogP contribution < -0.4 is 9.47 Å². The fourth-order valence-corrected chi connectivity index (χ4v) is 3.03. The Labute approximate surface area is 132 Å². The second kappa shape index (κ2) is 6.57. The summed E-state index contributed by atoms with van der Waals surface area (Å²) < 4.78 is 61.6. The summed E-state index contributed by atoms with van der Waals surface area (Å²) in [6, 6.07) is 2.93. The standard InChI is InChI=1S/C17H20F4O2/c18-15-13(12-5-2-6-12)7-8-14(16(15)23-17(19,20)21)22-10-9-11-3-1-4-11/h7-8,11-12H,1-6,9-10H2. The zero-order chi connectivity index (χ0) is 16.4. The minimum atomic E-state index is -4.94. The van der Waals surface area contributed by atoms with E-state index in [1.54, 1.807) is 0 Å². The molecule has 0 unspecified atom stereocenters. The summed E-state index contributed by atoms with van der Waals surface area (Å²) >= 11 is 0. The summed E-state index contributed by atoms with van der Waals surface area (Å²) in [5, 5.41) is 0. The van der Waals surface area contributed by atoms with Crippen molar-refractivity contribution in [3.05, 3.63) is 23.5 Å². The molecule has 0 radical (unpaired) electrons. The third kappa shape index (κ3) is 3.90. The maximum absolute atomic E-state index is 14.5. The second-order valence-corrected chi connectivity index (χ2v) is 6.41. The highest BCUT2D eigenvalue weighted by Crippen LogP contribution is 2.44. The first-order valence-electron chi connectivity index (χ1n) is 8.15. The maximum Gasteiger partial charge on any atom is 0.573 e. The van der Waals surface area contributed by atoms with E-state index in [1.165, 1.54) is 18.6 Å². The lowest BCUT2D eigenvalue weighted by Gasteiger charge is -2.28. The average Bonchev–Trinajstić information content (AvgIpc) is 2.35. The lowest BCUT2D eigenvalue weighted by atomic mass is 9.80. The third-order valence-electron chi connectivity index (χ3n) is 4.86. The van der Waals surface area contributed by atoms with Gasteiger partial charge in [-0.05, 0) is 42.7 Å². The van der Waals surface area contributed by atoms with E-state index in [4.69, 9.17) is 4.74 Å². The molecule has 0 aliphatic heterocycles. The Bertz CT molecular complexity index is 548. The zero-order valence-electron chi connectivity index (χ0n) is 12.8. The molecule has 0 atom stereocenters. The van der Waals surface area contributed by atoms with E-state index >= 15 is 0 Å². The van der Waals surface area contributed by atoms with Crippen molar-refractivity contribution in [2.75, 3.05) is 6.61 Å². The lowest BCUT2D eigenvalue weighted by molar-refractivity contribution is -0.276. The number of rotatable bonds is 6. The average molecular weight is 332 g/mol. The van der Waals surface area contributed by atoms with E-state index < -0.39 is 17.9 Å². The summed E-state index contributed by atoms with van der Waals surface area (Å²) in [6.45, 7) is 0.279. The van der Waals surface area contributed by atoms with Crippen LogP contribution in [0.4, 0.5) is 17.6 Å². The van der Waals surface area contributed by atoms with Gasteiger partial charge in [0.15, 0.2) is 11.6 Å². The van der Waals surface area contributed by atoms with Crippen molar-refractivity contribution in [1.82, 2.24) is 0 Å². The zero-order valence-corrected chi connectivity index (χ0v) is 12.8. The first-order chi connectivity index (χ1) is 10.9. The molecule has 2 aliphatic carbocycles. The lowest BCUT2D eigenvalue weighted by Crippen LogP contribution is -2.21. The fraction of sp³-hybridized carbons (Fsp3) is 0.647. The number of ether oxygens (including phenoxy) is 2. The van der Waals surface area contributed by atoms with Gasteiger partial charge in [-0.15, -0.1) is 13.2 Å². The van der Waals surface area contributed by atoms with Gasteiger partial charge in [0.05, 0.1) is 6.61 Å². The number of hydrogen-bond donors (Lipinski definition) is 0. The quantitative estimate of drug-likeness (QED) is 0.635. The molecule has 0 saturated heterocycles. The first-order valence-corrected chi connectivity index (χ1v) is 8.15. The molecule has 0 aromatic heterocycles. The molecule has 6 heteroatoms. The van der Waals surface area contributed by atoms with Gasteiger partial charge < -0.3 is 9.47 Å². The summed E-state index contributed by atoms with van der Waals surface area (Å²) in [6.07, 6.45) is 1.85. The highest BCUT2D eigenvalue weighted by Gasteiger charge is 2.36. The van der Waals surface area contributed by atoms with Crippen molar-refractivity contribution in [3.63, 3.8) is 0 Å². The van der Waals surface area contributed by atoms with E-state index in [2.05, 4.69) is 4.74 Å². The highest BCUT2D eigenvalue weighted by molar-refractivity contribution is 5.46. The molecule has 0 spiro atoms. The van der Waals surface area contributed by atoms with E-state index in [0.29, 0.717) is 11.5 Å². The highest BCUT2D eigenvalue weighted by atomic mass is 19.4. The number of halogens is 4. The van der Waals surface area contributed by atoms with Gasteiger partial charge in [0.2, 0.25) is 5.75 Å². The topological polar surface area (TPSA) is 18.5 Å². The monoisotopic (exact) mass is 332 g/mol. The second-order valence-electron chi connectivity index (χ2n) is 6.41. The smallest absolute Gasteiger partial charge is 0.490 e. The van der Waals surface area contributed by atoms with Crippen molar-refractivity contribution >= 4 is 0 Å². The molecular weight excluding hydrogens is 312 g/mol. The molecule has 0 bridgehead atoms. The van der Waals surface area contributed by atoms with Crippen molar-refractivity contribution in [3.8, 4) is 11.5 Å². The molecule has 23 heavy (non-hydrogen) atoms. The van der Waals surface area contributed by atoms with Gasteiger partial charge in [0.1, 0.15) is 0 Å². The number of alkyl halides is 3. The summed E-state index contributed by atoms with van der Waals surface area (Å²) in [7, 11) is 0. The molecule has 0 amide bonds. The van der Waals surface area contributed by atoms with Crippen LogP contribution in [-0.2, 0) is 0 Å². The Balaban J connectivity index is 1.76. The molecule has 2 fully saturated rings. The van der Waals surface area contributed by atoms with Crippen LogP contribution >= 0.6 is 0 Å². The van der Waals surface area contributed by atoms with Crippen LogP contribution in [0.1, 0.15) is 56.4 Å². The Morgan fingerprint density at radius 2 is 1.74 bits per heavy atom. The summed E-state index contributed by atoms with van der Waals surface area (Å²) in [5.74, 6) is -1.37. The molecular formula is C17H20F4O2. The van der Waals surface area contributed by atoms with Crippen molar-refractivity contribution in [2.24, 2.45) is 5.92 Å². The predicted molar refractivity (Wildman–Crippen MR) is 77.1 cm³/mol. The molecule has 2 nitrogen and oxygen atoms in total. The Hall–Kier alpha value is -1.46. The van der Waals surface area contributed by atoms with Crippen molar-refractivity contribution < 1.29 is 27.0 Å². The Kier molecular flexibility index (Phi) is 4.69. The summed E-state index contributed by atoms with van der Waals surface area (Å²) in [4.78, 5) is 0. The van der Waals surface area contributed by atoms with E-state index in [1.807, 2.05) is 0 Å². The van der Waals surface area contributed by atoms with Crippen molar-refractivity contribution in [1.29, 1.82) is 0 Å². The molecule has 2 aliphatic rings. The number of hydrogen-bond acceptors (Lipinski definition) is 2. The van der Waals surface area contributed by atoms with Gasteiger partial charge >= 0.3 is 6.36 Å². The van der Waals surface area contributed by atoms with E-state index in [-0.39, 0.29) is 18.3 Å². The van der Waals surface area contributed by atoms with Crippen LogP contribution in [0.25, 0.3) is 0 Å². The number of benzene rings is 1. The van der Waals surface area contributed by atoms with E-state index in [9.17, 15) is 17.6 Å². The normalized spacial score (nSPS) is 19.1. The van der Waals surface area contributed by atoms with Crippen LogP contribution in [0.2, 0.25) is 0 Å². The maximum atomic E-state index is 14.5. The molecule has 128 valence electrons. The Morgan fingerprint density at radius 1 is 1.04 bits per heavy atom. The first kappa shape index (κ1) is 16.4. The molecule has 2 saturated carbocycles. The minimum Gasteiger partial charge on any atom is -0.490 e. The van der Waals surface area contributed by atoms with Gasteiger partial charge in [-0.3, -0.25) is 0 Å². The summed E-state index contributed by atoms with van der Waals surface area (Å²) in [5.41, 5.74) is 0.293. The van der Waals surface area contributed by atoms with Gasteiger partial charge in [-0.1, -0.05) is 31.7 Å². The van der Waals surface area contributed by atoms with Gasteiger partial charge in [0.25, 0.3) is 0 Å². The molecule has 1 aromatic rings. The fourth-order valence-electron chi connectivity index (χ4n) is 3.03. The van der Waals surface area contributed by atoms with Crippen LogP contribution in [0.15, 0.2) is 12.1 Å².